The Labute approximate surface area is 362 Å². The van der Waals surface area contributed by atoms with Gasteiger partial charge in [0.05, 0.1) is 22.4 Å². The molecule has 5 heterocycles. The van der Waals surface area contributed by atoms with E-state index in [1.807, 2.05) is 73.1 Å². The van der Waals surface area contributed by atoms with Crippen molar-refractivity contribution in [1.29, 1.82) is 0 Å². The zero-order valence-electron chi connectivity index (χ0n) is 33.7. The number of fused-ring (bicyclic) bond motifs is 6. The van der Waals surface area contributed by atoms with Crippen LogP contribution in [0.15, 0.2) is 211 Å². The summed E-state index contributed by atoms with van der Waals surface area (Å²) in [5.74, 6) is 1.21. The second kappa shape index (κ2) is 15.1. The maximum Gasteiger partial charge on any atom is 0.180 e. The van der Waals surface area contributed by atoms with Gasteiger partial charge in [-0.3, -0.25) is 9.97 Å². The van der Waals surface area contributed by atoms with Crippen molar-refractivity contribution in [2.24, 2.45) is 0 Å². The molecule has 0 aliphatic heterocycles. The van der Waals surface area contributed by atoms with Gasteiger partial charge in [0.25, 0.3) is 0 Å². The molecule has 12 rings (SSSR count). The van der Waals surface area contributed by atoms with Gasteiger partial charge in [0.1, 0.15) is 16.8 Å². The molecule has 0 N–H and O–H groups in total. The molecule has 0 aliphatic carbocycles. The van der Waals surface area contributed by atoms with E-state index in [1.54, 1.807) is 0 Å². The van der Waals surface area contributed by atoms with Crippen molar-refractivity contribution in [2.75, 3.05) is 0 Å². The van der Waals surface area contributed by atoms with Crippen LogP contribution in [-0.2, 0) is 0 Å². The lowest BCUT2D eigenvalue weighted by molar-refractivity contribution is 0.667. The zero-order chi connectivity index (χ0) is 41.7. The van der Waals surface area contributed by atoms with E-state index in [2.05, 4.69) is 138 Å². The monoisotopic (exact) mass is 806 g/mol. The van der Waals surface area contributed by atoms with Gasteiger partial charge in [-0.05, 0) is 76.9 Å². The van der Waals surface area contributed by atoms with Crippen molar-refractivity contribution in [3.8, 4) is 78.8 Å². The normalized spacial score (nSPS) is 11.5. The van der Waals surface area contributed by atoms with Gasteiger partial charge in [-0.25, -0.2) is 19.9 Å². The Hall–Kier alpha value is -8.68. The Balaban J connectivity index is 1.02. The summed E-state index contributed by atoms with van der Waals surface area (Å²) < 4.78 is 6.57. The number of aromatic nitrogens is 6. The molecule has 0 saturated carbocycles. The molecular formula is C56H34N6O. The Morgan fingerprint density at radius 1 is 0.333 bits per heavy atom. The zero-order valence-corrected chi connectivity index (χ0v) is 33.7. The number of hydrogen-bond acceptors (Lipinski definition) is 7. The number of pyridine rings is 2. The minimum Gasteiger partial charge on any atom is -0.452 e. The number of rotatable bonds is 7. The molecule has 0 spiro atoms. The second-order valence-corrected chi connectivity index (χ2v) is 15.5. The van der Waals surface area contributed by atoms with E-state index < -0.39 is 0 Å². The van der Waals surface area contributed by atoms with Crippen LogP contribution in [0.3, 0.4) is 0 Å². The second-order valence-electron chi connectivity index (χ2n) is 15.5. The SMILES string of the molecule is c1ccc(-c2cc(-c3ccccc3)cc(-c3nc(-c4ccc(-c5nc(-c6ccccc6)cc(-c6cc7cccnc7c7ncccc67)n5)cc4)c4oc5ccccc5c4n3)c2)cc1. The fourth-order valence-electron chi connectivity index (χ4n) is 8.50. The summed E-state index contributed by atoms with van der Waals surface area (Å²) in [5.41, 5.74) is 15.2. The molecule has 0 radical (unpaired) electrons. The third kappa shape index (κ3) is 6.56. The van der Waals surface area contributed by atoms with Gasteiger partial charge in [0, 0.05) is 56.4 Å². The highest BCUT2D eigenvalue weighted by Gasteiger charge is 2.21. The highest BCUT2D eigenvalue weighted by molar-refractivity contribution is 6.10. The Kier molecular flexibility index (Phi) is 8.67. The van der Waals surface area contributed by atoms with Crippen LogP contribution in [0.2, 0.25) is 0 Å². The van der Waals surface area contributed by atoms with Gasteiger partial charge < -0.3 is 4.42 Å². The number of furan rings is 1. The first-order valence-corrected chi connectivity index (χ1v) is 20.8. The van der Waals surface area contributed by atoms with Crippen LogP contribution in [0.25, 0.3) is 123 Å². The predicted octanol–water partition coefficient (Wildman–Crippen LogP) is 13.9. The van der Waals surface area contributed by atoms with Crippen molar-refractivity contribution >= 4 is 43.9 Å². The minimum absolute atomic E-state index is 0.602. The van der Waals surface area contributed by atoms with E-state index >= 15 is 0 Å². The van der Waals surface area contributed by atoms with Gasteiger partial charge in [-0.1, -0.05) is 140 Å². The van der Waals surface area contributed by atoms with Crippen LogP contribution < -0.4 is 0 Å². The van der Waals surface area contributed by atoms with Crippen LogP contribution >= 0.6 is 0 Å². The first kappa shape index (κ1) is 36.2. The third-order valence-corrected chi connectivity index (χ3v) is 11.6. The van der Waals surface area contributed by atoms with Crippen molar-refractivity contribution in [2.45, 2.75) is 0 Å². The predicted molar refractivity (Wildman–Crippen MR) is 254 cm³/mol. The van der Waals surface area contributed by atoms with E-state index in [0.29, 0.717) is 22.9 Å². The van der Waals surface area contributed by atoms with Gasteiger partial charge in [-0.2, -0.15) is 0 Å². The summed E-state index contributed by atoms with van der Waals surface area (Å²) in [7, 11) is 0. The summed E-state index contributed by atoms with van der Waals surface area (Å²) in [5, 5.41) is 2.90. The molecular weight excluding hydrogens is 773 g/mol. The molecule has 0 unspecified atom stereocenters. The maximum atomic E-state index is 6.57. The van der Waals surface area contributed by atoms with E-state index in [4.69, 9.17) is 29.3 Å². The molecule has 0 aliphatic rings. The summed E-state index contributed by atoms with van der Waals surface area (Å²) >= 11 is 0. The molecule has 7 nitrogen and oxygen atoms in total. The first-order valence-electron chi connectivity index (χ1n) is 20.8. The lowest BCUT2D eigenvalue weighted by Crippen LogP contribution is -1.98. The van der Waals surface area contributed by atoms with Crippen molar-refractivity contribution in [3.05, 3.63) is 207 Å². The van der Waals surface area contributed by atoms with Crippen molar-refractivity contribution < 1.29 is 4.42 Å². The highest BCUT2D eigenvalue weighted by atomic mass is 16.3. The standard InChI is InChI=1S/C56H34N6O/c1-4-14-35(15-5-1)41-30-42(36-16-6-2-7-17-36)32-43(31-41)56-61-51(54-53(62-56)45-21-10-11-23-49(45)63-54)38-24-26-39(27-25-38)55-59-47(37-18-8-3-9-19-37)34-48(60-55)46-33-40-20-12-28-57-50(40)52-44(46)22-13-29-58-52/h1-34H. The van der Waals surface area contributed by atoms with Gasteiger partial charge in [0.2, 0.25) is 0 Å². The average molecular weight is 807 g/mol. The lowest BCUT2D eigenvalue weighted by atomic mass is 9.95. The Morgan fingerprint density at radius 2 is 0.905 bits per heavy atom. The highest BCUT2D eigenvalue weighted by Crippen LogP contribution is 2.39. The van der Waals surface area contributed by atoms with Gasteiger partial charge in [0.15, 0.2) is 17.2 Å². The lowest BCUT2D eigenvalue weighted by Gasteiger charge is -2.13. The first-order chi connectivity index (χ1) is 31.2. The Morgan fingerprint density at radius 3 is 1.63 bits per heavy atom. The fraction of sp³-hybridized carbons (Fsp3) is 0. The largest absolute Gasteiger partial charge is 0.452 e. The van der Waals surface area contributed by atoms with Gasteiger partial charge >= 0.3 is 0 Å². The summed E-state index contributed by atoms with van der Waals surface area (Å²) in [6.45, 7) is 0. The summed E-state index contributed by atoms with van der Waals surface area (Å²) in [6, 6.07) is 66.3. The van der Waals surface area contributed by atoms with Crippen LogP contribution in [0, 0.1) is 0 Å². The van der Waals surface area contributed by atoms with Crippen LogP contribution in [0.1, 0.15) is 0 Å². The van der Waals surface area contributed by atoms with E-state index in [9.17, 15) is 0 Å². The number of nitrogens with zero attached hydrogens (tertiary/aromatic N) is 6. The van der Waals surface area contributed by atoms with E-state index in [1.165, 1.54) is 0 Å². The number of benzene rings is 7. The fourth-order valence-corrected chi connectivity index (χ4v) is 8.50. The summed E-state index contributed by atoms with van der Waals surface area (Å²) in [6.07, 6.45) is 3.62. The quantitative estimate of drug-likeness (QED) is 0.148. The molecule has 5 aromatic heterocycles. The molecule has 0 amide bonds. The smallest absolute Gasteiger partial charge is 0.180 e. The van der Waals surface area contributed by atoms with Crippen molar-refractivity contribution in [1.82, 2.24) is 29.9 Å². The molecule has 0 bridgehead atoms. The number of para-hydroxylation sites is 1. The molecule has 7 heteroatoms. The topological polar surface area (TPSA) is 90.5 Å². The van der Waals surface area contributed by atoms with Gasteiger partial charge in [-0.15, -0.1) is 0 Å². The molecule has 0 fully saturated rings. The van der Waals surface area contributed by atoms with Crippen LogP contribution in [0.4, 0.5) is 0 Å². The molecule has 12 aromatic rings. The molecule has 7 aromatic carbocycles. The molecule has 0 saturated heterocycles. The summed E-state index contributed by atoms with van der Waals surface area (Å²) in [4.78, 5) is 30.4. The van der Waals surface area contributed by atoms with Crippen molar-refractivity contribution in [3.63, 3.8) is 0 Å². The van der Waals surface area contributed by atoms with Crippen LogP contribution in [0.5, 0.6) is 0 Å². The maximum absolute atomic E-state index is 6.57. The average Bonchev–Trinajstić information content (AvgIpc) is 3.75. The Bertz CT molecular complexity index is 3610. The van der Waals surface area contributed by atoms with Crippen LogP contribution in [-0.4, -0.2) is 29.9 Å². The molecule has 294 valence electrons. The third-order valence-electron chi connectivity index (χ3n) is 11.6. The van der Waals surface area contributed by atoms with E-state index in [0.717, 1.165) is 99.8 Å². The molecule has 63 heavy (non-hydrogen) atoms. The minimum atomic E-state index is 0.602. The molecule has 0 atom stereocenters. The van der Waals surface area contributed by atoms with E-state index in [-0.39, 0.29) is 0 Å². The number of hydrogen-bond donors (Lipinski definition) is 0.